The van der Waals surface area contributed by atoms with Crippen LogP contribution in [0.2, 0.25) is 0 Å². The summed E-state index contributed by atoms with van der Waals surface area (Å²) in [7, 11) is 1.69. The molecule has 1 heterocycles. The maximum atomic E-state index is 12.0. The molecular weight excluding hydrogens is 484 g/mol. The molecule has 0 aliphatic carbocycles. The lowest BCUT2D eigenvalue weighted by Gasteiger charge is -2.21. The van der Waals surface area contributed by atoms with Crippen LogP contribution >= 0.6 is 24.0 Å². The first-order chi connectivity index (χ1) is 12.9. The highest BCUT2D eigenvalue weighted by atomic mass is 127. The van der Waals surface area contributed by atoms with Gasteiger partial charge in [0.05, 0.1) is 0 Å². The van der Waals surface area contributed by atoms with Crippen LogP contribution < -0.4 is 10.6 Å². The predicted octanol–water partition coefficient (Wildman–Crippen LogP) is 3.40. The van der Waals surface area contributed by atoms with Crippen LogP contribution in [0.3, 0.4) is 0 Å². The third-order valence-corrected chi connectivity index (χ3v) is 4.52. The van der Waals surface area contributed by atoms with Crippen molar-refractivity contribution < 1.29 is 17.9 Å². The summed E-state index contributed by atoms with van der Waals surface area (Å²) in [4.78, 5) is 6.63. The second-order valence-corrected chi connectivity index (χ2v) is 6.86. The smallest absolute Gasteiger partial charge is 0.372 e. The second-order valence-electron chi connectivity index (χ2n) is 6.86. The van der Waals surface area contributed by atoms with E-state index in [1.807, 2.05) is 6.07 Å². The molecule has 0 spiro atoms. The summed E-state index contributed by atoms with van der Waals surface area (Å²) in [6, 6.07) is 11.1. The topological polar surface area (TPSA) is 48.9 Å². The molecular formula is C19H30F3IN4O. The van der Waals surface area contributed by atoms with Crippen LogP contribution in [0, 0.1) is 0 Å². The number of nitrogens with one attached hydrogen (secondary N) is 2. The molecule has 0 aromatic heterocycles. The Morgan fingerprint density at radius 3 is 2.64 bits per heavy atom. The molecule has 1 fully saturated rings. The molecule has 5 nitrogen and oxygen atoms in total. The first kappa shape index (κ1) is 25.0. The molecule has 1 aromatic rings. The zero-order valence-electron chi connectivity index (χ0n) is 16.3. The lowest BCUT2D eigenvalue weighted by Crippen LogP contribution is -2.44. The van der Waals surface area contributed by atoms with Crippen molar-refractivity contribution in [1.29, 1.82) is 0 Å². The zero-order chi connectivity index (χ0) is 19.7. The third kappa shape index (κ3) is 9.42. The normalized spacial score (nSPS) is 20.7. The van der Waals surface area contributed by atoms with E-state index in [4.69, 9.17) is 0 Å². The first-order valence-corrected chi connectivity index (χ1v) is 9.27. The Labute approximate surface area is 182 Å². The molecule has 1 aliphatic heterocycles. The van der Waals surface area contributed by atoms with Crippen molar-refractivity contribution in [2.24, 2.45) is 4.99 Å². The van der Waals surface area contributed by atoms with Gasteiger partial charge in [0.2, 0.25) is 0 Å². The Bertz CT molecular complexity index is 586. The average molecular weight is 514 g/mol. The fourth-order valence-corrected chi connectivity index (χ4v) is 3.20. The van der Waals surface area contributed by atoms with E-state index >= 15 is 0 Å². The molecule has 0 bridgehead atoms. The van der Waals surface area contributed by atoms with Gasteiger partial charge in [-0.25, -0.2) is 0 Å². The van der Waals surface area contributed by atoms with E-state index in [9.17, 15) is 13.2 Å². The SMILES string of the molecule is CN=C(NCCCOCC(F)(F)F)NC1CC(C)N(Cc2ccccc2)C1.I. The third-order valence-electron chi connectivity index (χ3n) is 4.52. The lowest BCUT2D eigenvalue weighted by molar-refractivity contribution is -0.173. The van der Waals surface area contributed by atoms with Gasteiger partial charge in [-0.05, 0) is 25.3 Å². The largest absolute Gasteiger partial charge is 0.411 e. The van der Waals surface area contributed by atoms with Crippen molar-refractivity contribution in [3.05, 3.63) is 35.9 Å². The van der Waals surface area contributed by atoms with Crippen LogP contribution in [0.5, 0.6) is 0 Å². The van der Waals surface area contributed by atoms with Crippen molar-refractivity contribution in [3.63, 3.8) is 0 Å². The van der Waals surface area contributed by atoms with E-state index < -0.39 is 12.8 Å². The highest BCUT2D eigenvalue weighted by molar-refractivity contribution is 14.0. The average Bonchev–Trinajstić information content (AvgIpc) is 2.96. The number of aliphatic imine (C=N–C) groups is 1. The Balaban J connectivity index is 0.00000392. The van der Waals surface area contributed by atoms with Gasteiger partial charge in [-0.15, -0.1) is 24.0 Å². The monoisotopic (exact) mass is 514 g/mol. The van der Waals surface area contributed by atoms with Gasteiger partial charge in [-0.3, -0.25) is 9.89 Å². The molecule has 0 radical (unpaired) electrons. The van der Waals surface area contributed by atoms with Gasteiger partial charge in [0.25, 0.3) is 0 Å². The summed E-state index contributed by atoms with van der Waals surface area (Å²) < 4.78 is 40.6. The molecule has 2 atom stereocenters. The predicted molar refractivity (Wildman–Crippen MR) is 116 cm³/mol. The van der Waals surface area contributed by atoms with Crippen molar-refractivity contribution in [1.82, 2.24) is 15.5 Å². The number of halogens is 4. The number of hydrogen-bond donors (Lipinski definition) is 2. The number of guanidine groups is 1. The van der Waals surface area contributed by atoms with Crippen LogP contribution in [0.25, 0.3) is 0 Å². The van der Waals surface area contributed by atoms with Crippen LogP contribution in [-0.2, 0) is 11.3 Å². The van der Waals surface area contributed by atoms with E-state index in [-0.39, 0.29) is 36.6 Å². The van der Waals surface area contributed by atoms with Crippen LogP contribution in [0.1, 0.15) is 25.3 Å². The fraction of sp³-hybridized carbons (Fsp3) is 0.632. The molecule has 1 aromatic carbocycles. The summed E-state index contributed by atoms with van der Waals surface area (Å²) in [6.07, 6.45) is -2.77. The van der Waals surface area contributed by atoms with Gasteiger partial charge in [0, 0.05) is 45.4 Å². The van der Waals surface area contributed by atoms with Crippen molar-refractivity contribution in [2.45, 2.75) is 44.6 Å². The Morgan fingerprint density at radius 1 is 1.29 bits per heavy atom. The zero-order valence-corrected chi connectivity index (χ0v) is 18.7. The van der Waals surface area contributed by atoms with Gasteiger partial charge in [0.15, 0.2) is 5.96 Å². The minimum atomic E-state index is -4.27. The van der Waals surface area contributed by atoms with Crippen molar-refractivity contribution in [3.8, 4) is 0 Å². The molecule has 2 N–H and O–H groups in total. The van der Waals surface area contributed by atoms with Gasteiger partial charge in [-0.1, -0.05) is 30.3 Å². The Hall–Kier alpha value is -1.07. The van der Waals surface area contributed by atoms with E-state index in [1.165, 1.54) is 5.56 Å². The molecule has 9 heteroatoms. The summed E-state index contributed by atoms with van der Waals surface area (Å²) in [5.41, 5.74) is 1.30. The van der Waals surface area contributed by atoms with Crippen LogP contribution in [0.4, 0.5) is 13.2 Å². The maximum Gasteiger partial charge on any atom is 0.411 e. The molecule has 0 saturated carbocycles. The van der Waals surface area contributed by atoms with Crippen LogP contribution in [-0.4, -0.2) is 62.5 Å². The Kier molecular flexibility index (Phi) is 11.1. The summed E-state index contributed by atoms with van der Waals surface area (Å²) in [6.45, 7) is 3.44. The standard InChI is InChI=1S/C19H29F3N4O.HI/c1-15-11-17(13-26(15)12-16-7-4-3-5-8-16)25-18(23-2)24-9-6-10-27-14-19(20,21)22;/h3-5,7-8,15,17H,6,9-14H2,1-2H3,(H2,23,24,25);1H. The van der Waals surface area contributed by atoms with E-state index in [1.54, 1.807) is 7.05 Å². The number of rotatable bonds is 8. The van der Waals surface area contributed by atoms with E-state index in [0.29, 0.717) is 25.0 Å². The number of ether oxygens (including phenoxy) is 1. The summed E-state index contributed by atoms with van der Waals surface area (Å²) >= 11 is 0. The second kappa shape index (κ2) is 12.5. The number of likely N-dealkylation sites (tertiary alicyclic amines) is 1. The molecule has 2 unspecified atom stereocenters. The van der Waals surface area contributed by atoms with Gasteiger partial charge in [-0.2, -0.15) is 13.2 Å². The van der Waals surface area contributed by atoms with Gasteiger partial charge < -0.3 is 15.4 Å². The molecule has 1 saturated heterocycles. The summed E-state index contributed by atoms with van der Waals surface area (Å²) in [5.74, 6) is 0.671. The van der Waals surface area contributed by atoms with Gasteiger partial charge >= 0.3 is 6.18 Å². The molecule has 28 heavy (non-hydrogen) atoms. The minimum absolute atomic E-state index is 0. The maximum absolute atomic E-state index is 12.0. The molecule has 1 aliphatic rings. The highest BCUT2D eigenvalue weighted by Gasteiger charge is 2.29. The van der Waals surface area contributed by atoms with Crippen molar-refractivity contribution in [2.75, 3.05) is 33.4 Å². The van der Waals surface area contributed by atoms with E-state index in [0.717, 1.165) is 19.5 Å². The first-order valence-electron chi connectivity index (χ1n) is 9.27. The fourth-order valence-electron chi connectivity index (χ4n) is 3.20. The highest BCUT2D eigenvalue weighted by Crippen LogP contribution is 2.20. The summed E-state index contributed by atoms with van der Waals surface area (Å²) in [5, 5.41) is 6.54. The molecule has 2 rings (SSSR count). The Morgan fingerprint density at radius 2 is 2.00 bits per heavy atom. The number of alkyl halides is 3. The van der Waals surface area contributed by atoms with Gasteiger partial charge in [0.1, 0.15) is 6.61 Å². The quantitative estimate of drug-likeness (QED) is 0.242. The van der Waals surface area contributed by atoms with Crippen LogP contribution in [0.15, 0.2) is 35.3 Å². The molecule has 0 amide bonds. The number of benzene rings is 1. The van der Waals surface area contributed by atoms with E-state index in [2.05, 4.69) is 56.5 Å². The minimum Gasteiger partial charge on any atom is -0.372 e. The lowest BCUT2D eigenvalue weighted by atomic mass is 10.2. The van der Waals surface area contributed by atoms with Crippen molar-refractivity contribution >= 4 is 29.9 Å². The number of hydrogen-bond acceptors (Lipinski definition) is 3. The molecule has 160 valence electrons. The number of nitrogens with zero attached hydrogens (tertiary/aromatic N) is 2.